The molecule has 3 heterocycles. The summed E-state index contributed by atoms with van der Waals surface area (Å²) in [4.78, 5) is 10.5. The van der Waals surface area contributed by atoms with Gasteiger partial charge in [0.25, 0.3) is 0 Å². The Kier molecular flexibility index (Phi) is 7.24. The minimum atomic E-state index is 0.720. The van der Waals surface area contributed by atoms with Gasteiger partial charge in [-0.3, -0.25) is 9.80 Å². The second-order valence-electron chi connectivity index (χ2n) is 8.73. The Morgan fingerprint density at radius 1 is 0.821 bits per heavy atom. The molecule has 0 N–H and O–H groups in total. The molecule has 1 aromatic carbocycles. The molecular formula is C23H38N4O. The molecule has 1 unspecified atom stereocenters. The molecule has 1 aromatic rings. The van der Waals surface area contributed by atoms with Gasteiger partial charge in [-0.2, -0.15) is 0 Å². The highest BCUT2D eigenvalue weighted by Crippen LogP contribution is 2.24. The number of ether oxygens (including phenoxy) is 1. The Morgan fingerprint density at radius 2 is 1.43 bits per heavy atom. The molecule has 28 heavy (non-hydrogen) atoms. The van der Waals surface area contributed by atoms with E-state index in [-0.39, 0.29) is 0 Å². The van der Waals surface area contributed by atoms with Gasteiger partial charge in [0, 0.05) is 64.1 Å². The van der Waals surface area contributed by atoms with E-state index in [4.69, 9.17) is 4.74 Å². The zero-order valence-electron chi connectivity index (χ0n) is 17.6. The van der Waals surface area contributed by atoms with Crippen LogP contribution in [-0.4, -0.2) is 99.4 Å². The molecule has 1 atom stereocenters. The highest BCUT2D eigenvalue weighted by atomic mass is 16.5. The van der Waals surface area contributed by atoms with Crippen molar-refractivity contribution >= 4 is 5.69 Å². The number of benzene rings is 1. The van der Waals surface area contributed by atoms with E-state index in [2.05, 4.69) is 56.9 Å². The van der Waals surface area contributed by atoms with Crippen molar-refractivity contribution in [2.24, 2.45) is 5.92 Å². The molecule has 0 amide bonds. The number of piperazine rings is 1. The lowest BCUT2D eigenvalue weighted by Crippen LogP contribution is -2.50. The standard InChI is InChI=1S/C23H38N4O/c1-21(26-17-19-28-20-18-26)22-7-9-24(10-8-22)11-12-25-13-15-27(16-14-25)23-5-3-2-4-6-23/h2-6,21-22H,7-20H2,1H3. The highest BCUT2D eigenvalue weighted by Gasteiger charge is 2.28. The van der Waals surface area contributed by atoms with Crippen molar-refractivity contribution in [2.45, 2.75) is 25.8 Å². The van der Waals surface area contributed by atoms with E-state index < -0.39 is 0 Å². The molecule has 5 nitrogen and oxygen atoms in total. The Bertz CT molecular complexity index is 561. The van der Waals surface area contributed by atoms with Crippen LogP contribution in [0.5, 0.6) is 0 Å². The average Bonchev–Trinajstić information content (AvgIpc) is 2.79. The van der Waals surface area contributed by atoms with E-state index in [0.717, 1.165) is 51.4 Å². The minimum Gasteiger partial charge on any atom is -0.379 e. The van der Waals surface area contributed by atoms with Crippen molar-refractivity contribution in [2.75, 3.05) is 83.6 Å². The van der Waals surface area contributed by atoms with E-state index in [1.54, 1.807) is 0 Å². The summed E-state index contributed by atoms with van der Waals surface area (Å²) in [7, 11) is 0. The molecule has 0 aromatic heterocycles. The first-order valence-corrected chi connectivity index (χ1v) is 11.4. The van der Waals surface area contributed by atoms with Crippen molar-refractivity contribution in [1.29, 1.82) is 0 Å². The van der Waals surface area contributed by atoms with Gasteiger partial charge in [-0.15, -0.1) is 0 Å². The zero-order valence-corrected chi connectivity index (χ0v) is 17.6. The maximum atomic E-state index is 5.52. The van der Waals surface area contributed by atoms with Crippen LogP contribution in [0.3, 0.4) is 0 Å². The van der Waals surface area contributed by atoms with Crippen molar-refractivity contribution in [3.05, 3.63) is 30.3 Å². The number of morpholine rings is 1. The SMILES string of the molecule is CC(C1CCN(CCN2CCN(c3ccccc3)CC2)CC1)N1CCOCC1. The van der Waals surface area contributed by atoms with E-state index in [1.165, 1.54) is 57.8 Å². The molecule has 0 aliphatic carbocycles. The third kappa shape index (κ3) is 5.26. The van der Waals surface area contributed by atoms with Gasteiger partial charge < -0.3 is 14.5 Å². The summed E-state index contributed by atoms with van der Waals surface area (Å²) in [5.41, 5.74) is 1.37. The Hall–Kier alpha value is -1.14. The fourth-order valence-electron chi connectivity index (χ4n) is 5.09. The van der Waals surface area contributed by atoms with Gasteiger partial charge in [0.15, 0.2) is 0 Å². The molecule has 156 valence electrons. The number of anilines is 1. The van der Waals surface area contributed by atoms with Crippen LogP contribution in [-0.2, 0) is 4.74 Å². The molecule has 0 radical (unpaired) electrons. The second-order valence-corrected chi connectivity index (χ2v) is 8.73. The summed E-state index contributed by atoms with van der Waals surface area (Å²) in [5.74, 6) is 0.865. The maximum absolute atomic E-state index is 5.52. The molecule has 3 aliphatic heterocycles. The van der Waals surface area contributed by atoms with Crippen LogP contribution in [0.2, 0.25) is 0 Å². The predicted octanol–water partition coefficient (Wildman–Crippen LogP) is 2.24. The molecule has 5 heteroatoms. The summed E-state index contributed by atoms with van der Waals surface area (Å²) >= 11 is 0. The molecular weight excluding hydrogens is 348 g/mol. The summed E-state index contributed by atoms with van der Waals surface area (Å²) in [5, 5.41) is 0. The third-order valence-corrected chi connectivity index (χ3v) is 7.16. The first kappa shape index (κ1) is 20.1. The average molecular weight is 387 g/mol. The van der Waals surface area contributed by atoms with Gasteiger partial charge in [0.05, 0.1) is 13.2 Å². The van der Waals surface area contributed by atoms with E-state index in [9.17, 15) is 0 Å². The molecule has 0 saturated carbocycles. The Balaban J connectivity index is 1.13. The quantitative estimate of drug-likeness (QED) is 0.746. The van der Waals surface area contributed by atoms with Gasteiger partial charge in [-0.05, 0) is 50.9 Å². The lowest BCUT2D eigenvalue weighted by Gasteiger charge is -2.41. The molecule has 0 bridgehead atoms. The van der Waals surface area contributed by atoms with Crippen LogP contribution in [0.15, 0.2) is 30.3 Å². The summed E-state index contributed by atoms with van der Waals surface area (Å²) in [6.07, 6.45) is 2.72. The normalized spacial score (nSPS) is 25.1. The topological polar surface area (TPSA) is 22.2 Å². The number of nitrogens with zero attached hydrogens (tertiary/aromatic N) is 4. The fraction of sp³-hybridized carbons (Fsp3) is 0.739. The van der Waals surface area contributed by atoms with E-state index in [0.29, 0.717) is 0 Å². The van der Waals surface area contributed by atoms with Gasteiger partial charge in [0.2, 0.25) is 0 Å². The fourth-order valence-corrected chi connectivity index (χ4v) is 5.09. The van der Waals surface area contributed by atoms with Crippen molar-refractivity contribution < 1.29 is 4.74 Å². The largest absolute Gasteiger partial charge is 0.379 e. The smallest absolute Gasteiger partial charge is 0.0594 e. The van der Waals surface area contributed by atoms with Crippen LogP contribution in [0.25, 0.3) is 0 Å². The first-order chi connectivity index (χ1) is 13.8. The number of hydrogen-bond acceptors (Lipinski definition) is 5. The minimum absolute atomic E-state index is 0.720. The van der Waals surface area contributed by atoms with Crippen LogP contribution >= 0.6 is 0 Å². The molecule has 0 spiro atoms. The molecule has 3 aliphatic rings. The highest BCUT2D eigenvalue weighted by molar-refractivity contribution is 5.46. The zero-order chi connectivity index (χ0) is 19.2. The number of hydrogen-bond donors (Lipinski definition) is 0. The van der Waals surface area contributed by atoms with Crippen LogP contribution < -0.4 is 4.90 Å². The summed E-state index contributed by atoms with van der Waals surface area (Å²) < 4.78 is 5.52. The lowest BCUT2D eigenvalue weighted by molar-refractivity contribution is -0.00190. The number of rotatable bonds is 6. The van der Waals surface area contributed by atoms with Gasteiger partial charge in [-0.25, -0.2) is 0 Å². The van der Waals surface area contributed by atoms with Crippen molar-refractivity contribution in [3.8, 4) is 0 Å². The van der Waals surface area contributed by atoms with Gasteiger partial charge in [-0.1, -0.05) is 18.2 Å². The lowest BCUT2D eigenvalue weighted by atomic mass is 9.89. The second kappa shape index (κ2) is 10.1. The predicted molar refractivity (Wildman–Crippen MR) is 116 cm³/mol. The monoisotopic (exact) mass is 386 g/mol. The third-order valence-electron chi connectivity index (χ3n) is 7.16. The maximum Gasteiger partial charge on any atom is 0.0594 e. The number of likely N-dealkylation sites (tertiary alicyclic amines) is 1. The Labute approximate surface area is 171 Å². The van der Waals surface area contributed by atoms with E-state index >= 15 is 0 Å². The van der Waals surface area contributed by atoms with Crippen molar-refractivity contribution in [1.82, 2.24) is 14.7 Å². The number of para-hydroxylation sites is 1. The molecule has 3 saturated heterocycles. The molecule has 4 rings (SSSR count). The van der Waals surface area contributed by atoms with Gasteiger partial charge >= 0.3 is 0 Å². The van der Waals surface area contributed by atoms with Crippen LogP contribution in [0.4, 0.5) is 5.69 Å². The summed E-state index contributed by atoms with van der Waals surface area (Å²) in [6, 6.07) is 11.6. The summed E-state index contributed by atoms with van der Waals surface area (Å²) in [6.45, 7) is 16.3. The van der Waals surface area contributed by atoms with Crippen LogP contribution in [0.1, 0.15) is 19.8 Å². The molecule has 3 fully saturated rings. The van der Waals surface area contributed by atoms with E-state index in [1.807, 2.05) is 0 Å². The number of piperidine rings is 1. The van der Waals surface area contributed by atoms with Crippen molar-refractivity contribution in [3.63, 3.8) is 0 Å². The first-order valence-electron chi connectivity index (χ1n) is 11.4. The Morgan fingerprint density at radius 3 is 2.07 bits per heavy atom. The van der Waals surface area contributed by atoms with Gasteiger partial charge in [0.1, 0.15) is 0 Å². The van der Waals surface area contributed by atoms with Crippen LogP contribution in [0, 0.1) is 5.92 Å².